The third-order valence-corrected chi connectivity index (χ3v) is 2.22. The summed E-state index contributed by atoms with van der Waals surface area (Å²) < 4.78 is 5.13. The van der Waals surface area contributed by atoms with Crippen molar-refractivity contribution in [3.63, 3.8) is 0 Å². The van der Waals surface area contributed by atoms with Gasteiger partial charge in [-0.25, -0.2) is 0 Å². The maximum absolute atomic E-state index is 5.75. The lowest BCUT2D eigenvalue weighted by molar-refractivity contribution is 0.415. The first-order chi connectivity index (χ1) is 7.78. The van der Waals surface area contributed by atoms with E-state index in [1.165, 1.54) is 0 Å². The van der Waals surface area contributed by atoms with Crippen molar-refractivity contribution in [2.45, 2.75) is 6.54 Å². The molecule has 0 atom stereocenters. The van der Waals surface area contributed by atoms with Crippen molar-refractivity contribution in [1.29, 1.82) is 0 Å². The fraction of sp³-hybridized carbons (Fsp3) is 0.182. The highest BCUT2D eigenvalue weighted by molar-refractivity contribution is 5.59. The largest absolute Gasteiger partial charge is 0.497 e. The van der Waals surface area contributed by atoms with E-state index in [2.05, 4.69) is 15.5 Å². The van der Waals surface area contributed by atoms with Gasteiger partial charge in [0, 0.05) is 41.8 Å². The van der Waals surface area contributed by atoms with Gasteiger partial charge in [0.2, 0.25) is 0 Å². The minimum atomic E-state index is 0.675. The van der Waals surface area contributed by atoms with Crippen molar-refractivity contribution in [2.24, 2.45) is 0 Å². The second kappa shape index (κ2) is 4.57. The number of ether oxygens (including phenoxy) is 1. The second-order valence-electron chi connectivity index (χ2n) is 3.45. The molecule has 0 spiro atoms. The molecule has 0 saturated carbocycles. The van der Waals surface area contributed by atoms with Gasteiger partial charge < -0.3 is 15.8 Å². The third kappa shape index (κ3) is 2.44. The fourth-order valence-electron chi connectivity index (χ4n) is 1.42. The van der Waals surface area contributed by atoms with Crippen LogP contribution in [0.5, 0.6) is 5.75 Å². The molecule has 0 saturated heterocycles. The summed E-state index contributed by atoms with van der Waals surface area (Å²) in [5.74, 6) is 0.745. The molecule has 0 aliphatic rings. The average molecular weight is 218 g/mol. The van der Waals surface area contributed by atoms with Gasteiger partial charge in [-0.1, -0.05) is 0 Å². The molecular weight excluding hydrogens is 204 g/mol. The average Bonchev–Trinajstić information content (AvgIpc) is 2.78. The molecule has 0 amide bonds. The normalized spacial score (nSPS) is 10.1. The van der Waals surface area contributed by atoms with Crippen LogP contribution in [-0.2, 0) is 6.54 Å². The van der Waals surface area contributed by atoms with Crippen molar-refractivity contribution in [1.82, 2.24) is 10.2 Å². The lowest BCUT2D eigenvalue weighted by Gasteiger charge is -2.08. The maximum atomic E-state index is 5.75. The zero-order valence-corrected chi connectivity index (χ0v) is 9.03. The van der Waals surface area contributed by atoms with E-state index in [4.69, 9.17) is 10.5 Å². The summed E-state index contributed by atoms with van der Waals surface area (Å²) in [5, 5.41) is 9.87. The topological polar surface area (TPSA) is 76.0 Å². The number of methoxy groups -OCH3 is 1. The Bertz CT molecular complexity index is 453. The van der Waals surface area contributed by atoms with Gasteiger partial charge in [-0.2, -0.15) is 5.10 Å². The van der Waals surface area contributed by atoms with E-state index in [0.717, 1.165) is 17.0 Å². The Morgan fingerprint density at radius 1 is 1.44 bits per heavy atom. The number of nitrogens with two attached hydrogens (primary N) is 1. The molecule has 16 heavy (non-hydrogen) atoms. The minimum absolute atomic E-state index is 0.675. The standard InChI is InChI=1S/C11H14N4O/c1-16-11-3-9(12)2-10(4-11)13-5-8-6-14-15-7-8/h2-4,6-7,13H,5,12H2,1H3,(H,14,15). The van der Waals surface area contributed by atoms with Crippen LogP contribution in [0.25, 0.3) is 0 Å². The van der Waals surface area contributed by atoms with Crippen molar-refractivity contribution in [3.05, 3.63) is 36.2 Å². The molecule has 1 heterocycles. The number of aromatic amines is 1. The van der Waals surface area contributed by atoms with E-state index in [1.54, 1.807) is 19.4 Å². The highest BCUT2D eigenvalue weighted by Crippen LogP contribution is 2.22. The van der Waals surface area contributed by atoms with Gasteiger partial charge in [0.25, 0.3) is 0 Å². The molecule has 0 bridgehead atoms. The van der Waals surface area contributed by atoms with E-state index in [0.29, 0.717) is 12.2 Å². The lowest BCUT2D eigenvalue weighted by atomic mass is 10.2. The van der Waals surface area contributed by atoms with Crippen molar-refractivity contribution in [3.8, 4) is 5.75 Å². The Morgan fingerprint density at radius 2 is 2.31 bits per heavy atom. The predicted octanol–water partition coefficient (Wildman–Crippen LogP) is 1.61. The molecule has 0 aliphatic carbocycles. The molecule has 4 N–H and O–H groups in total. The van der Waals surface area contributed by atoms with Gasteiger partial charge in [0.05, 0.1) is 13.3 Å². The summed E-state index contributed by atoms with van der Waals surface area (Å²) in [6.07, 6.45) is 3.62. The summed E-state index contributed by atoms with van der Waals surface area (Å²) in [4.78, 5) is 0. The lowest BCUT2D eigenvalue weighted by Crippen LogP contribution is -1.99. The minimum Gasteiger partial charge on any atom is -0.497 e. The molecular formula is C11H14N4O. The van der Waals surface area contributed by atoms with Crippen LogP contribution in [0, 0.1) is 0 Å². The summed E-state index contributed by atoms with van der Waals surface area (Å²) >= 11 is 0. The van der Waals surface area contributed by atoms with Crippen molar-refractivity contribution < 1.29 is 4.74 Å². The molecule has 5 heteroatoms. The molecule has 0 radical (unpaired) electrons. The highest BCUT2D eigenvalue weighted by atomic mass is 16.5. The SMILES string of the molecule is COc1cc(N)cc(NCc2cn[nH]c2)c1. The quantitative estimate of drug-likeness (QED) is 0.681. The van der Waals surface area contributed by atoms with Gasteiger partial charge in [-0.15, -0.1) is 0 Å². The van der Waals surface area contributed by atoms with Gasteiger partial charge in [0.1, 0.15) is 5.75 Å². The van der Waals surface area contributed by atoms with Gasteiger partial charge in [-0.3, -0.25) is 5.10 Å². The Labute approximate surface area is 93.6 Å². The zero-order valence-electron chi connectivity index (χ0n) is 9.03. The molecule has 1 aromatic heterocycles. The summed E-state index contributed by atoms with van der Waals surface area (Å²) in [7, 11) is 1.62. The number of nitrogens with one attached hydrogen (secondary N) is 2. The summed E-state index contributed by atoms with van der Waals surface area (Å²) in [6, 6.07) is 5.54. The Hall–Kier alpha value is -2.17. The molecule has 0 unspecified atom stereocenters. The monoisotopic (exact) mass is 218 g/mol. The molecule has 2 rings (SSSR count). The van der Waals surface area contributed by atoms with Crippen LogP contribution >= 0.6 is 0 Å². The van der Waals surface area contributed by atoms with Crippen LogP contribution in [0.4, 0.5) is 11.4 Å². The van der Waals surface area contributed by atoms with Crippen LogP contribution in [0.1, 0.15) is 5.56 Å². The molecule has 2 aromatic rings. The van der Waals surface area contributed by atoms with E-state index in [9.17, 15) is 0 Å². The number of hydrogen-bond donors (Lipinski definition) is 3. The molecule has 0 fully saturated rings. The number of rotatable bonds is 4. The van der Waals surface area contributed by atoms with Crippen LogP contribution in [0.3, 0.4) is 0 Å². The number of benzene rings is 1. The van der Waals surface area contributed by atoms with Crippen molar-refractivity contribution >= 4 is 11.4 Å². The Morgan fingerprint density at radius 3 is 3.00 bits per heavy atom. The molecule has 1 aromatic carbocycles. The second-order valence-corrected chi connectivity index (χ2v) is 3.45. The molecule has 5 nitrogen and oxygen atoms in total. The number of anilines is 2. The number of nitrogens with zero attached hydrogens (tertiary/aromatic N) is 1. The first kappa shape index (κ1) is 10.4. The molecule has 0 aliphatic heterocycles. The highest BCUT2D eigenvalue weighted by Gasteiger charge is 1.99. The zero-order chi connectivity index (χ0) is 11.4. The predicted molar refractivity (Wildman–Crippen MR) is 63.3 cm³/mol. The third-order valence-electron chi connectivity index (χ3n) is 2.22. The van der Waals surface area contributed by atoms with Crippen LogP contribution in [-0.4, -0.2) is 17.3 Å². The molecule has 84 valence electrons. The fourth-order valence-corrected chi connectivity index (χ4v) is 1.42. The van der Waals surface area contributed by atoms with E-state index < -0.39 is 0 Å². The Kier molecular flexibility index (Phi) is 2.95. The first-order valence-electron chi connectivity index (χ1n) is 4.94. The van der Waals surface area contributed by atoms with E-state index in [-0.39, 0.29) is 0 Å². The summed E-state index contributed by atoms with van der Waals surface area (Å²) in [5.41, 5.74) is 8.43. The van der Waals surface area contributed by atoms with E-state index in [1.807, 2.05) is 18.3 Å². The maximum Gasteiger partial charge on any atom is 0.122 e. The van der Waals surface area contributed by atoms with Gasteiger partial charge in [-0.05, 0) is 6.07 Å². The number of H-pyrrole nitrogens is 1. The smallest absolute Gasteiger partial charge is 0.122 e. The van der Waals surface area contributed by atoms with Crippen LogP contribution in [0.2, 0.25) is 0 Å². The Balaban J connectivity index is 2.06. The number of hydrogen-bond acceptors (Lipinski definition) is 4. The van der Waals surface area contributed by atoms with Crippen LogP contribution in [0.15, 0.2) is 30.6 Å². The number of nitrogen functional groups attached to an aromatic ring is 1. The van der Waals surface area contributed by atoms with Crippen molar-refractivity contribution in [2.75, 3.05) is 18.2 Å². The first-order valence-corrected chi connectivity index (χ1v) is 4.94. The van der Waals surface area contributed by atoms with E-state index >= 15 is 0 Å². The van der Waals surface area contributed by atoms with Gasteiger partial charge in [0.15, 0.2) is 0 Å². The van der Waals surface area contributed by atoms with Gasteiger partial charge >= 0.3 is 0 Å². The van der Waals surface area contributed by atoms with Crippen LogP contribution < -0.4 is 15.8 Å². The summed E-state index contributed by atoms with van der Waals surface area (Å²) in [6.45, 7) is 0.698. The number of aromatic nitrogens is 2.